The number of amides is 1. The van der Waals surface area contributed by atoms with Crippen molar-refractivity contribution in [2.24, 2.45) is 0 Å². The quantitative estimate of drug-likeness (QED) is 0.787. The van der Waals surface area contributed by atoms with Crippen molar-refractivity contribution in [3.05, 3.63) is 34.8 Å². The van der Waals surface area contributed by atoms with Crippen LogP contribution in [0.1, 0.15) is 22.7 Å². The molecule has 8 heteroatoms. The van der Waals surface area contributed by atoms with Gasteiger partial charge in [-0.3, -0.25) is 9.69 Å². The van der Waals surface area contributed by atoms with Gasteiger partial charge in [0.15, 0.2) is 0 Å². The van der Waals surface area contributed by atoms with Gasteiger partial charge in [-0.1, -0.05) is 0 Å². The molecule has 0 saturated carbocycles. The fourth-order valence-electron chi connectivity index (χ4n) is 2.90. The van der Waals surface area contributed by atoms with E-state index in [0.717, 1.165) is 51.5 Å². The van der Waals surface area contributed by atoms with Gasteiger partial charge in [-0.15, -0.1) is 11.3 Å². The molecule has 3 heterocycles. The van der Waals surface area contributed by atoms with Crippen molar-refractivity contribution >= 4 is 17.2 Å². The van der Waals surface area contributed by atoms with E-state index in [1.807, 2.05) is 22.7 Å². The monoisotopic (exact) mass is 349 g/mol. The first-order valence-electron chi connectivity index (χ1n) is 8.16. The summed E-state index contributed by atoms with van der Waals surface area (Å²) in [4.78, 5) is 25.3. The van der Waals surface area contributed by atoms with Gasteiger partial charge in [0.1, 0.15) is 11.5 Å². The van der Waals surface area contributed by atoms with Crippen LogP contribution < -0.4 is 0 Å². The smallest absolute Gasteiger partial charge is 0.273 e. The Morgan fingerprint density at radius 2 is 2.21 bits per heavy atom. The number of carbonyl (C=O) groups excluding carboxylic acids is 1. The number of nitrogens with zero attached hydrogens (tertiary/aromatic N) is 5. The van der Waals surface area contributed by atoms with E-state index >= 15 is 0 Å². The van der Waals surface area contributed by atoms with E-state index in [9.17, 15) is 4.79 Å². The molecule has 24 heavy (non-hydrogen) atoms. The molecule has 0 bridgehead atoms. The molecule has 2 aromatic heterocycles. The lowest BCUT2D eigenvalue weighted by atomic mass is 10.3. The highest BCUT2D eigenvalue weighted by Gasteiger charge is 2.22. The number of rotatable bonds is 6. The molecule has 1 aliphatic rings. The molecular formula is C16H23N5O2S. The zero-order chi connectivity index (χ0) is 16.8. The average molecular weight is 349 g/mol. The topological polar surface area (TPSA) is 63.5 Å². The molecule has 2 aromatic rings. The summed E-state index contributed by atoms with van der Waals surface area (Å²) in [6, 6.07) is 0. The number of methoxy groups -OCH3 is 1. The van der Waals surface area contributed by atoms with Crippen LogP contribution in [-0.4, -0.2) is 70.1 Å². The van der Waals surface area contributed by atoms with Gasteiger partial charge in [0, 0.05) is 57.6 Å². The minimum atomic E-state index is 0.0414. The van der Waals surface area contributed by atoms with Crippen LogP contribution in [0.25, 0.3) is 0 Å². The maximum atomic E-state index is 12.4. The van der Waals surface area contributed by atoms with Crippen LogP contribution >= 0.6 is 11.3 Å². The Morgan fingerprint density at radius 3 is 3.00 bits per heavy atom. The molecule has 130 valence electrons. The molecule has 1 aliphatic heterocycles. The number of imidazole rings is 1. The molecule has 7 nitrogen and oxygen atoms in total. The van der Waals surface area contributed by atoms with Crippen molar-refractivity contribution in [3.8, 4) is 0 Å². The first-order chi connectivity index (χ1) is 11.8. The third-order valence-corrected chi connectivity index (χ3v) is 4.82. The first-order valence-corrected chi connectivity index (χ1v) is 9.11. The predicted molar refractivity (Wildman–Crippen MR) is 92.0 cm³/mol. The third kappa shape index (κ3) is 4.19. The zero-order valence-corrected chi connectivity index (χ0v) is 14.7. The lowest BCUT2D eigenvalue weighted by Gasteiger charge is -2.21. The Bertz CT molecular complexity index is 643. The van der Waals surface area contributed by atoms with Gasteiger partial charge in [0.2, 0.25) is 0 Å². The molecule has 0 radical (unpaired) electrons. The Labute approximate surface area is 145 Å². The molecule has 0 atom stereocenters. The van der Waals surface area contributed by atoms with Crippen molar-refractivity contribution in [2.75, 3.05) is 39.9 Å². The van der Waals surface area contributed by atoms with Gasteiger partial charge in [0.05, 0.1) is 18.7 Å². The molecule has 0 unspecified atom stereocenters. The molecule has 1 amide bonds. The van der Waals surface area contributed by atoms with Gasteiger partial charge in [-0.05, 0) is 6.42 Å². The van der Waals surface area contributed by atoms with Crippen LogP contribution in [0.4, 0.5) is 0 Å². The molecule has 3 rings (SSSR count). The maximum Gasteiger partial charge on any atom is 0.273 e. The van der Waals surface area contributed by atoms with Crippen molar-refractivity contribution < 1.29 is 9.53 Å². The van der Waals surface area contributed by atoms with Crippen LogP contribution in [0.2, 0.25) is 0 Å². The summed E-state index contributed by atoms with van der Waals surface area (Å²) in [6.07, 6.45) is 4.79. The Morgan fingerprint density at radius 1 is 1.29 bits per heavy atom. The number of aromatic nitrogens is 3. The molecular weight excluding hydrogens is 326 g/mol. The second-order valence-electron chi connectivity index (χ2n) is 5.83. The highest BCUT2D eigenvalue weighted by molar-refractivity contribution is 7.07. The van der Waals surface area contributed by atoms with Gasteiger partial charge in [-0.2, -0.15) is 0 Å². The third-order valence-electron chi connectivity index (χ3n) is 4.23. The summed E-state index contributed by atoms with van der Waals surface area (Å²) in [5.41, 5.74) is 2.26. The van der Waals surface area contributed by atoms with Crippen LogP contribution in [0.15, 0.2) is 23.3 Å². The Kier molecular flexibility index (Phi) is 5.95. The van der Waals surface area contributed by atoms with Gasteiger partial charge in [-0.25, -0.2) is 9.97 Å². The lowest BCUT2D eigenvalue weighted by Crippen LogP contribution is -2.35. The number of hydrogen-bond acceptors (Lipinski definition) is 6. The fraction of sp³-hybridized carbons (Fsp3) is 0.562. The Balaban J connectivity index is 1.56. The second-order valence-corrected chi connectivity index (χ2v) is 6.54. The molecule has 0 N–H and O–H groups in total. The standard InChI is InChI=1S/C16H23N5O2S/c1-23-10-9-20-6-3-17-15(20)11-19-4-2-5-21(8-7-19)16(22)14-12-24-13-18-14/h3,6,12-13H,2,4-5,7-11H2,1H3. The SMILES string of the molecule is COCCn1ccnc1CN1CCCN(C(=O)c2cscn2)CC1. The average Bonchev–Trinajstić information content (AvgIpc) is 3.21. The van der Waals surface area contributed by atoms with Gasteiger partial charge in [0.25, 0.3) is 5.91 Å². The van der Waals surface area contributed by atoms with Gasteiger partial charge < -0.3 is 14.2 Å². The van der Waals surface area contributed by atoms with Crippen molar-refractivity contribution in [2.45, 2.75) is 19.5 Å². The van der Waals surface area contributed by atoms with E-state index < -0.39 is 0 Å². The van der Waals surface area contributed by atoms with Gasteiger partial charge >= 0.3 is 0 Å². The molecule has 0 aliphatic carbocycles. The highest BCUT2D eigenvalue weighted by Crippen LogP contribution is 2.12. The normalized spacial score (nSPS) is 16.3. The summed E-state index contributed by atoms with van der Waals surface area (Å²) in [5.74, 6) is 1.09. The van der Waals surface area contributed by atoms with E-state index in [1.165, 1.54) is 11.3 Å². The summed E-state index contributed by atoms with van der Waals surface area (Å²) in [5, 5.41) is 1.82. The maximum absolute atomic E-state index is 12.4. The van der Waals surface area contributed by atoms with Crippen LogP contribution in [0.5, 0.6) is 0 Å². The minimum absolute atomic E-state index is 0.0414. The number of hydrogen-bond donors (Lipinski definition) is 0. The molecule has 1 saturated heterocycles. The van der Waals surface area contributed by atoms with Crippen LogP contribution in [0, 0.1) is 0 Å². The second kappa shape index (κ2) is 8.36. The fourth-order valence-corrected chi connectivity index (χ4v) is 3.42. The van der Waals surface area contributed by atoms with E-state index in [-0.39, 0.29) is 5.91 Å². The molecule has 1 fully saturated rings. The first kappa shape index (κ1) is 17.1. The Hall–Kier alpha value is -1.77. The number of ether oxygens (including phenoxy) is 1. The van der Waals surface area contributed by atoms with E-state index in [2.05, 4.69) is 19.4 Å². The highest BCUT2D eigenvalue weighted by atomic mass is 32.1. The zero-order valence-electron chi connectivity index (χ0n) is 13.9. The summed E-state index contributed by atoms with van der Waals surface area (Å²) < 4.78 is 7.28. The molecule has 0 aromatic carbocycles. The van der Waals surface area contributed by atoms with E-state index in [1.54, 1.807) is 12.6 Å². The van der Waals surface area contributed by atoms with Crippen molar-refractivity contribution in [1.82, 2.24) is 24.3 Å². The van der Waals surface area contributed by atoms with E-state index in [0.29, 0.717) is 12.3 Å². The number of carbonyl (C=O) groups is 1. The minimum Gasteiger partial charge on any atom is -0.383 e. The van der Waals surface area contributed by atoms with E-state index in [4.69, 9.17) is 4.74 Å². The van der Waals surface area contributed by atoms with Crippen LogP contribution in [-0.2, 0) is 17.8 Å². The van der Waals surface area contributed by atoms with Crippen LogP contribution in [0.3, 0.4) is 0 Å². The predicted octanol–water partition coefficient (Wildman–Crippen LogP) is 1.33. The largest absolute Gasteiger partial charge is 0.383 e. The van der Waals surface area contributed by atoms with Crippen molar-refractivity contribution in [1.29, 1.82) is 0 Å². The number of thiazole rings is 1. The lowest BCUT2D eigenvalue weighted by molar-refractivity contribution is 0.0756. The summed E-state index contributed by atoms with van der Waals surface area (Å²) >= 11 is 1.46. The van der Waals surface area contributed by atoms with Crippen molar-refractivity contribution in [3.63, 3.8) is 0 Å². The molecule has 0 spiro atoms. The summed E-state index contributed by atoms with van der Waals surface area (Å²) in [7, 11) is 1.71. The summed E-state index contributed by atoms with van der Waals surface area (Å²) in [6.45, 7) is 5.63.